The summed E-state index contributed by atoms with van der Waals surface area (Å²) in [6.45, 7) is 8.61. The van der Waals surface area contributed by atoms with Crippen molar-refractivity contribution in [1.29, 1.82) is 0 Å². The number of hydrogen-bond acceptors (Lipinski definition) is 2. The topological polar surface area (TPSA) is 33.1 Å². The molecular formula is C28H28N4S. The summed E-state index contributed by atoms with van der Waals surface area (Å²) in [5, 5.41) is 4.29. The monoisotopic (exact) mass is 452 g/mol. The van der Waals surface area contributed by atoms with Crippen LogP contribution in [0.4, 0.5) is 5.69 Å². The van der Waals surface area contributed by atoms with Gasteiger partial charge in [-0.25, -0.2) is 0 Å². The van der Waals surface area contributed by atoms with Gasteiger partial charge in [0.2, 0.25) is 0 Å². The van der Waals surface area contributed by atoms with E-state index in [0.717, 1.165) is 16.5 Å². The van der Waals surface area contributed by atoms with E-state index in [-0.39, 0.29) is 12.1 Å². The summed E-state index contributed by atoms with van der Waals surface area (Å²) in [5.41, 5.74) is 9.40. The van der Waals surface area contributed by atoms with Crippen LogP contribution >= 0.6 is 12.2 Å². The molecule has 1 aliphatic heterocycles. The fourth-order valence-corrected chi connectivity index (χ4v) is 5.25. The Morgan fingerprint density at radius 3 is 2.30 bits per heavy atom. The molecule has 166 valence electrons. The Bertz CT molecular complexity index is 1310. The van der Waals surface area contributed by atoms with Crippen LogP contribution in [-0.4, -0.2) is 14.7 Å². The highest BCUT2D eigenvalue weighted by atomic mass is 32.1. The molecule has 2 aromatic carbocycles. The maximum atomic E-state index is 5.88. The van der Waals surface area contributed by atoms with Crippen molar-refractivity contribution in [3.8, 4) is 5.69 Å². The molecule has 0 aliphatic carbocycles. The fourth-order valence-electron chi connectivity index (χ4n) is 4.91. The molecule has 0 amide bonds. The van der Waals surface area contributed by atoms with E-state index in [9.17, 15) is 0 Å². The first-order chi connectivity index (χ1) is 15.9. The highest BCUT2D eigenvalue weighted by molar-refractivity contribution is 7.80. The van der Waals surface area contributed by atoms with Crippen LogP contribution in [0.3, 0.4) is 0 Å². The van der Waals surface area contributed by atoms with E-state index < -0.39 is 0 Å². The number of nitrogens with zero attached hydrogens (tertiary/aromatic N) is 3. The molecule has 4 nitrogen and oxygen atoms in total. The Balaban J connectivity index is 1.68. The minimum absolute atomic E-state index is 0.0140. The predicted octanol–water partition coefficient (Wildman–Crippen LogP) is 6.28. The summed E-state index contributed by atoms with van der Waals surface area (Å²) in [6.07, 6.45) is 1.85. The molecule has 1 fully saturated rings. The Morgan fingerprint density at radius 2 is 1.61 bits per heavy atom. The number of benzene rings is 2. The van der Waals surface area contributed by atoms with Gasteiger partial charge in [0.05, 0.1) is 17.8 Å². The molecule has 2 aromatic heterocycles. The van der Waals surface area contributed by atoms with Crippen LogP contribution in [0.15, 0.2) is 79.0 Å². The third-order valence-corrected chi connectivity index (χ3v) is 6.77. The second kappa shape index (κ2) is 8.49. The van der Waals surface area contributed by atoms with E-state index >= 15 is 0 Å². The van der Waals surface area contributed by atoms with Crippen LogP contribution in [0, 0.1) is 27.7 Å². The maximum absolute atomic E-state index is 5.88. The van der Waals surface area contributed by atoms with Gasteiger partial charge in [0.25, 0.3) is 0 Å². The minimum atomic E-state index is -0.0496. The van der Waals surface area contributed by atoms with Crippen LogP contribution in [0.2, 0.25) is 0 Å². The first kappa shape index (κ1) is 21.4. The molecule has 0 bridgehead atoms. The average molecular weight is 453 g/mol. The fraction of sp³-hybridized carbons (Fsp3) is 0.214. The van der Waals surface area contributed by atoms with E-state index in [1.807, 2.05) is 18.3 Å². The molecule has 0 spiro atoms. The van der Waals surface area contributed by atoms with Gasteiger partial charge >= 0.3 is 0 Å². The summed E-state index contributed by atoms with van der Waals surface area (Å²) >= 11 is 5.88. The average Bonchev–Trinajstić information content (AvgIpc) is 3.30. The number of aromatic nitrogens is 2. The molecule has 3 heterocycles. The van der Waals surface area contributed by atoms with Gasteiger partial charge in [0.1, 0.15) is 0 Å². The molecule has 0 radical (unpaired) electrons. The Kier molecular flexibility index (Phi) is 5.51. The minimum Gasteiger partial charge on any atom is -0.351 e. The molecular weight excluding hydrogens is 424 g/mol. The van der Waals surface area contributed by atoms with E-state index in [4.69, 9.17) is 12.2 Å². The normalized spacial score (nSPS) is 17.9. The van der Waals surface area contributed by atoms with Gasteiger partial charge < -0.3 is 14.8 Å². The third-order valence-electron chi connectivity index (χ3n) is 6.46. The Hall–Kier alpha value is -3.44. The molecule has 5 heteroatoms. The molecule has 1 N–H and O–H groups in total. The first-order valence-electron chi connectivity index (χ1n) is 11.3. The Morgan fingerprint density at radius 1 is 0.818 bits per heavy atom. The lowest BCUT2D eigenvalue weighted by molar-refractivity contribution is 0.565. The summed E-state index contributed by atoms with van der Waals surface area (Å²) in [6, 6.07) is 25.5. The van der Waals surface area contributed by atoms with Gasteiger partial charge in [-0.3, -0.25) is 4.98 Å². The van der Waals surface area contributed by atoms with Crippen molar-refractivity contribution in [3.63, 3.8) is 0 Å². The number of pyridine rings is 1. The number of nitrogens with one attached hydrogen (secondary N) is 1. The zero-order valence-electron chi connectivity index (χ0n) is 19.4. The van der Waals surface area contributed by atoms with Crippen molar-refractivity contribution >= 4 is 23.0 Å². The lowest BCUT2D eigenvalue weighted by Crippen LogP contribution is -2.29. The van der Waals surface area contributed by atoms with Crippen LogP contribution in [-0.2, 0) is 0 Å². The van der Waals surface area contributed by atoms with Gasteiger partial charge in [0.15, 0.2) is 5.11 Å². The van der Waals surface area contributed by atoms with Crippen molar-refractivity contribution in [3.05, 3.63) is 113 Å². The van der Waals surface area contributed by atoms with E-state index in [1.54, 1.807) is 0 Å². The second-order valence-corrected chi connectivity index (χ2v) is 9.22. The summed E-state index contributed by atoms with van der Waals surface area (Å²) < 4.78 is 2.34. The maximum Gasteiger partial charge on any atom is 0.174 e. The molecule has 5 rings (SSSR count). The van der Waals surface area contributed by atoms with Gasteiger partial charge in [-0.15, -0.1) is 0 Å². The lowest BCUT2D eigenvalue weighted by Gasteiger charge is -2.28. The zero-order valence-corrected chi connectivity index (χ0v) is 20.2. The third kappa shape index (κ3) is 3.83. The van der Waals surface area contributed by atoms with Crippen molar-refractivity contribution < 1.29 is 0 Å². The highest BCUT2D eigenvalue weighted by Gasteiger charge is 2.42. The van der Waals surface area contributed by atoms with E-state index in [0.29, 0.717) is 0 Å². The van der Waals surface area contributed by atoms with Crippen molar-refractivity contribution in [1.82, 2.24) is 14.9 Å². The van der Waals surface area contributed by atoms with Gasteiger partial charge in [-0.2, -0.15) is 0 Å². The standard InChI is InChI=1S/C28H28N4S/c1-18-11-13-22(14-12-18)32-27(26(30-28(32)33)25-10-5-6-15-29-25)24-17-20(3)31(21(24)4)23-9-7-8-19(2)16-23/h5-17,26-27H,1-4H3,(H,30,33)/t26-,27+/m0/s1. The van der Waals surface area contributed by atoms with E-state index in [1.165, 1.54) is 33.8 Å². The summed E-state index contributed by atoms with van der Waals surface area (Å²) in [4.78, 5) is 6.93. The van der Waals surface area contributed by atoms with Crippen molar-refractivity contribution in [2.24, 2.45) is 0 Å². The lowest BCUT2D eigenvalue weighted by atomic mass is 9.96. The molecule has 0 unspecified atom stereocenters. The molecule has 1 saturated heterocycles. The number of rotatable bonds is 4. The predicted molar refractivity (Wildman–Crippen MR) is 139 cm³/mol. The van der Waals surface area contributed by atoms with Crippen LogP contribution in [0.25, 0.3) is 5.69 Å². The van der Waals surface area contributed by atoms with Crippen molar-refractivity contribution in [2.45, 2.75) is 39.8 Å². The molecule has 0 saturated carbocycles. The first-order valence-corrected chi connectivity index (χ1v) is 11.7. The number of anilines is 1. The van der Waals surface area contributed by atoms with E-state index in [2.05, 4.69) is 108 Å². The smallest absolute Gasteiger partial charge is 0.174 e. The molecule has 2 atom stereocenters. The number of thiocarbonyl (C=S) groups is 1. The SMILES string of the molecule is Cc1ccc(N2C(=S)N[C@@H](c3ccccn3)[C@H]2c2cc(C)n(-c3cccc(C)c3)c2C)cc1. The summed E-state index contributed by atoms with van der Waals surface area (Å²) in [7, 11) is 0. The van der Waals surface area contributed by atoms with Gasteiger partial charge in [-0.05, 0) is 93.5 Å². The Labute approximate surface area is 200 Å². The largest absolute Gasteiger partial charge is 0.351 e. The highest BCUT2D eigenvalue weighted by Crippen LogP contribution is 2.43. The second-order valence-electron chi connectivity index (χ2n) is 8.83. The molecule has 4 aromatic rings. The van der Waals surface area contributed by atoms with Gasteiger partial charge in [-0.1, -0.05) is 35.9 Å². The van der Waals surface area contributed by atoms with Crippen LogP contribution in [0.5, 0.6) is 0 Å². The van der Waals surface area contributed by atoms with Crippen LogP contribution in [0.1, 0.15) is 45.9 Å². The molecule has 1 aliphatic rings. The quantitative estimate of drug-likeness (QED) is 0.369. The summed E-state index contributed by atoms with van der Waals surface area (Å²) in [5.74, 6) is 0. The van der Waals surface area contributed by atoms with Crippen LogP contribution < -0.4 is 10.2 Å². The molecule has 33 heavy (non-hydrogen) atoms. The number of aryl methyl sites for hydroxylation is 3. The van der Waals surface area contributed by atoms with Crippen molar-refractivity contribution in [2.75, 3.05) is 4.90 Å². The number of hydrogen-bond donors (Lipinski definition) is 1. The van der Waals surface area contributed by atoms with Gasteiger partial charge in [0, 0.05) is 29.0 Å². The zero-order chi connectivity index (χ0) is 23.1.